The van der Waals surface area contributed by atoms with E-state index in [-0.39, 0.29) is 0 Å². The Morgan fingerprint density at radius 3 is 1.81 bits per heavy atom. The summed E-state index contributed by atoms with van der Waals surface area (Å²) in [4.78, 5) is 21.1. The zero-order chi connectivity index (χ0) is 35.6. The van der Waals surface area contributed by atoms with E-state index in [4.69, 9.17) is 28.8 Å². The molecule has 11 rings (SSSR count). The van der Waals surface area contributed by atoms with Crippen molar-refractivity contribution >= 4 is 54.6 Å². The number of hydrogen-bond donors (Lipinski definition) is 0. The topological polar surface area (TPSA) is 77.8 Å². The van der Waals surface area contributed by atoms with Crippen LogP contribution in [0, 0.1) is 0 Å². The van der Waals surface area contributed by atoms with Crippen molar-refractivity contribution < 1.29 is 8.83 Å². The molecule has 0 aliphatic rings. The molecule has 3 heterocycles. The Balaban J connectivity index is 1.25. The Morgan fingerprint density at radius 1 is 0.352 bits per heavy atom. The van der Waals surface area contributed by atoms with Crippen LogP contribution in [-0.4, -0.2) is 19.9 Å². The van der Waals surface area contributed by atoms with Crippen LogP contribution >= 0.6 is 0 Å². The van der Waals surface area contributed by atoms with Gasteiger partial charge >= 0.3 is 0 Å². The molecule has 252 valence electrons. The molecule has 54 heavy (non-hydrogen) atoms. The van der Waals surface area contributed by atoms with Gasteiger partial charge in [0.1, 0.15) is 16.7 Å². The van der Waals surface area contributed by atoms with Gasteiger partial charge in [0, 0.05) is 33.5 Å². The van der Waals surface area contributed by atoms with E-state index in [0.717, 1.165) is 65.9 Å². The van der Waals surface area contributed by atoms with Crippen LogP contribution in [0.5, 0.6) is 0 Å². The van der Waals surface area contributed by atoms with Gasteiger partial charge in [0.2, 0.25) is 5.89 Å². The molecule has 11 aromatic rings. The monoisotopic (exact) mass is 692 g/mol. The van der Waals surface area contributed by atoms with Crippen molar-refractivity contribution in [2.24, 2.45) is 0 Å². The van der Waals surface area contributed by atoms with Crippen molar-refractivity contribution in [3.05, 3.63) is 170 Å². The third-order valence-corrected chi connectivity index (χ3v) is 10.1. The standard InChI is InChI=1S/C48H28N4O2/c1-3-14-29(15-4-1)31-19-13-20-33(26-31)45-50-46(38-27-32-18-7-8-21-34(32)35-22-9-10-23-36(35)38)52-47(51-45)43-42-37-24-11-12-25-39(37)53-40(42)28-41-44(43)49-48(54-41)30-16-5-2-6-17-30/h1-28H. The van der Waals surface area contributed by atoms with Crippen molar-refractivity contribution in [3.8, 4) is 56.7 Å². The van der Waals surface area contributed by atoms with Crippen LogP contribution in [0.15, 0.2) is 179 Å². The van der Waals surface area contributed by atoms with E-state index >= 15 is 0 Å². The van der Waals surface area contributed by atoms with Gasteiger partial charge in [-0.2, -0.15) is 0 Å². The lowest BCUT2D eigenvalue weighted by Gasteiger charge is -2.13. The molecule has 0 spiro atoms. The van der Waals surface area contributed by atoms with Crippen LogP contribution in [0.3, 0.4) is 0 Å². The molecule has 0 N–H and O–H groups in total. The van der Waals surface area contributed by atoms with Crippen LogP contribution in [0.2, 0.25) is 0 Å². The quantitative estimate of drug-likeness (QED) is 0.167. The number of benzene rings is 8. The second-order valence-corrected chi connectivity index (χ2v) is 13.4. The minimum absolute atomic E-state index is 0.479. The van der Waals surface area contributed by atoms with Crippen molar-refractivity contribution in [1.29, 1.82) is 0 Å². The lowest BCUT2D eigenvalue weighted by molar-refractivity contribution is 0.617. The molecule has 3 aromatic heterocycles. The van der Waals surface area contributed by atoms with Gasteiger partial charge in [-0.25, -0.2) is 19.9 Å². The zero-order valence-electron chi connectivity index (χ0n) is 28.8. The Labute approximate surface area is 309 Å². The Hall–Kier alpha value is -7.44. The van der Waals surface area contributed by atoms with Gasteiger partial charge in [0.25, 0.3) is 0 Å². The van der Waals surface area contributed by atoms with Crippen LogP contribution in [0.1, 0.15) is 0 Å². The second kappa shape index (κ2) is 12.1. The number of nitrogens with zero attached hydrogens (tertiary/aromatic N) is 4. The first kappa shape index (κ1) is 30.2. The second-order valence-electron chi connectivity index (χ2n) is 13.4. The van der Waals surface area contributed by atoms with E-state index in [1.165, 1.54) is 5.39 Å². The largest absolute Gasteiger partial charge is 0.456 e. The highest BCUT2D eigenvalue weighted by Gasteiger charge is 2.25. The first-order valence-corrected chi connectivity index (χ1v) is 17.9. The maximum Gasteiger partial charge on any atom is 0.227 e. The van der Waals surface area contributed by atoms with Crippen LogP contribution in [-0.2, 0) is 0 Å². The van der Waals surface area contributed by atoms with E-state index in [1.54, 1.807) is 0 Å². The summed E-state index contributed by atoms with van der Waals surface area (Å²) in [6, 6.07) is 57.7. The highest BCUT2D eigenvalue weighted by molar-refractivity contribution is 6.19. The number of furan rings is 1. The minimum Gasteiger partial charge on any atom is -0.456 e. The zero-order valence-corrected chi connectivity index (χ0v) is 28.8. The number of fused-ring (bicyclic) bond motifs is 7. The van der Waals surface area contributed by atoms with Gasteiger partial charge in [-0.15, -0.1) is 0 Å². The Morgan fingerprint density at radius 2 is 0.981 bits per heavy atom. The maximum absolute atomic E-state index is 6.48. The van der Waals surface area contributed by atoms with E-state index < -0.39 is 0 Å². The first-order valence-electron chi connectivity index (χ1n) is 17.9. The summed E-state index contributed by atoms with van der Waals surface area (Å²) in [5.41, 5.74) is 8.24. The smallest absolute Gasteiger partial charge is 0.227 e. The number of hydrogen-bond acceptors (Lipinski definition) is 6. The number of aromatic nitrogens is 4. The molecule has 0 radical (unpaired) electrons. The Kier molecular flexibility index (Phi) is 6.75. The summed E-state index contributed by atoms with van der Waals surface area (Å²) < 4.78 is 13.0. The lowest BCUT2D eigenvalue weighted by Crippen LogP contribution is -2.02. The summed E-state index contributed by atoms with van der Waals surface area (Å²) in [5, 5.41) is 6.29. The average Bonchev–Trinajstić information content (AvgIpc) is 3.84. The molecule has 0 aliphatic heterocycles. The van der Waals surface area contributed by atoms with Gasteiger partial charge < -0.3 is 8.83 Å². The van der Waals surface area contributed by atoms with Crippen molar-refractivity contribution in [2.75, 3.05) is 0 Å². The molecule has 0 unspecified atom stereocenters. The fourth-order valence-corrected chi connectivity index (χ4v) is 7.64. The van der Waals surface area contributed by atoms with Gasteiger partial charge in [-0.3, -0.25) is 0 Å². The van der Waals surface area contributed by atoms with E-state index in [9.17, 15) is 0 Å². The maximum atomic E-state index is 6.48. The average molecular weight is 693 g/mol. The predicted octanol–water partition coefficient (Wildman–Crippen LogP) is 12.6. The van der Waals surface area contributed by atoms with Crippen LogP contribution in [0.25, 0.3) is 111 Å². The predicted molar refractivity (Wildman–Crippen MR) is 217 cm³/mol. The lowest BCUT2D eigenvalue weighted by atomic mass is 9.96. The van der Waals surface area contributed by atoms with Crippen LogP contribution in [0.4, 0.5) is 0 Å². The van der Waals surface area contributed by atoms with Crippen molar-refractivity contribution in [3.63, 3.8) is 0 Å². The molecule has 0 fully saturated rings. The van der Waals surface area contributed by atoms with Crippen molar-refractivity contribution in [1.82, 2.24) is 19.9 Å². The summed E-state index contributed by atoms with van der Waals surface area (Å²) in [6.45, 7) is 0. The number of oxazole rings is 1. The van der Waals surface area contributed by atoms with Crippen molar-refractivity contribution in [2.45, 2.75) is 0 Å². The number of para-hydroxylation sites is 1. The molecule has 0 bridgehead atoms. The summed E-state index contributed by atoms with van der Waals surface area (Å²) in [5.74, 6) is 2.10. The first-order chi connectivity index (χ1) is 26.7. The highest BCUT2D eigenvalue weighted by Crippen LogP contribution is 2.43. The molecular weight excluding hydrogens is 665 g/mol. The third kappa shape index (κ3) is 4.89. The molecular formula is C48H28N4O2. The van der Waals surface area contributed by atoms with Gasteiger partial charge in [0.05, 0.1) is 5.56 Å². The number of rotatable bonds is 5. The normalized spacial score (nSPS) is 11.7. The van der Waals surface area contributed by atoms with Gasteiger partial charge in [-0.1, -0.05) is 133 Å². The fourth-order valence-electron chi connectivity index (χ4n) is 7.64. The molecule has 8 aromatic carbocycles. The summed E-state index contributed by atoms with van der Waals surface area (Å²) in [6.07, 6.45) is 0. The molecule has 0 amide bonds. The fraction of sp³-hybridized carbons (Fsp3) is 0. The SMILES string of the molecule is c1ccc(-c2cccc(-c3nc(-c4cc5ccccc5c5ccccc45)nc(-c4c5nc(-c6ccccc6)oc5cc5oc6ccccc6c45)n3)c2)cc1. The van der Waals surface area contributed by atoms with E-state index in [0.29, 0.717) is 40.0 Å². The third-order valence-electron chi connectivity index (χ3n) is 10.1. The van der Waals surface area contributed by atoms with Gasteiger partial charge in [0.15, 0.2) is 23.1 Å². The highest BCUT2D eigenvalue weighted by atomic mass is 16.4. The molecule has 0 atom stereocenters. The summed E-state index contributed by atoms with van der Waals surface area (Å²) in [7, 11) is 0. The minimum atomic E-state index is 0.479. The Bertz CT molecular complexity index is 3220. The molecule has 6 heteroatoms. The molecule has 0 saturated carbocycles. The van der Waals surface area contributed by atoms with Gasteiger partial charge in [-0.05, 0) is 63.0 Å². The molecule has 6 nitrogen and oxygen atoms in total. The van der Waals surface area contributed by atoms with Crippen LogP contribution < -0.4 is 0 Å². The van der Waals surface area contributed by atoms with E-state index in [2.05, 4.69) is 109 Å². The molecule has 0 aliphatic carbocycles. The van der Waals surface area contributed by atoms with E-state index in [1.807, 2.05) is 60.7 Å². The molecule has 0 saturated heterocycles. The summed E-state index contributed by atoms with van der Waals surface area (Å²) >= 11 is 0.